The zero-order valence-corrected chi connectivity index (χ0v) is 8.11. The van der Waals surface area contributed by atoms with Crippen LogP contribution in [0.2, 0.25) is 0 Å². The van der Waals surface area contributed by atoms with Gasteiger partial charge in [0.05, 0.1) is 0 Å². The lowest BCUT2D eigenvalue weighted by atomic mass is 9.99. The van der Waals surface area contributed by atoms with Gasteiger partial charge >= 0.3 is 0 Å². The summed E-state index contributed by atoms with van der Waals surface area (Å²) in [5.74, 6) is 0.958. The predicted molar refractivity (Wildman–Crippen MR) is 49.7 cm³/mol. The molecule has 1 nitrogen and oxygen atoms in total. The van der Waals surface area contributed by atoms with Crippen molar-refractivity contribution in [3.05, 3.63) is 0 Å². The zero-order valence-electron chi connectivity index (χ0n) is 8.11. The lowest BCUT2D eigenvalue weighted by molar-refractivity contribution is 0.340. The molecule has 0 atom stereocenters. The first-order chi connectivity index (χ1) is 5.17. The van der Waals surface area contributed by atoms with E-state index in [4.69, 9.17) is 0 Å². The fourth-order valence-electron chi connectivity index (χ4n) is 1.54. The molecule has 0 aliphatic heterocycles. The summed E-state index contributed by atoms with van der Waals surface area (Å²) in [5.41, 5.74) is 0.412. The summed E-state index contributed by atoms with van der Waals surface area (Å²) in [4.78, 5) is 0. The topological polar surface area (TPSA) is 12.0 Å². The molecule has 0 aromatic heterocycles. The fraction of sp³-hybridized carbons (Fsp3) is 1.00. The van der Waals surface area contributed by atoms with Gasteiger partial charge in [0.15, 0.2) is 0 Å². The number of nitrogens with one attached hydrogen (secondary N) is 1. The van der Waals surface area contributed by atoms with Gasteiger partial charge in [-0.2, -0.15) is 0 Å². The highest BCUT2D eigenvalue weighted by Crippen LogP contribution is 2.38. The fourth-order valence-corrected chi connectivity index (χ4v) is 1.54. The van der Waals surface area contributed by atoms with Gasteiger partial charge in [-0.1, -0.05) is 13.3 Å². The van der Waals surface area contributed by atoms with Crippen LogP contribution in [0.3, 0.4) is 0 Å². The SMILES string of the molecule is CCCCNC(C)(C)C1CC1. The van der Waals surface area contributed by atoms with Crippen LogP contribution >= 0.6 is 0 Å². The molecule has 11 heavy (non-hydrogen) atoms. The van der Waals surface area contributed by atoms with Gasteiger partial charge in [-0.15, -0.1) is 0 Å². The lowest BCUT2D eigenvalue weighted by Crippen LogP contribution is -2.41. The van der Waals surface area contributed by atoms with E-state index in [0.717, 1.165) is 5.92 Å². The average molecular weight is 155 g/mol. The van der Waals surface area contributed by atoms with Gasteiger partial charge in [0.1, 0.15) is 0 Å². The average Bonchev–Trinajstić information content (AvgIpc) is 2.68. The second kappa shape index (κ2) is 3.57. The van der Waals surface area contributed by atoms with E-state index in [0.29, 0.717) is 5.54 Å². The molecular formula is C10H21N. The summed E-state index contributed by atoms with van der Waals surface area (Å²) in [6.07, 6.45) is 5.49. The highest BCUT2D eigenvalue weighted by molar-refractivity contribution is 4.93. The first-order valence-electron chi connectivity index (χ1n) is 4.92. The Morgan fingerprint density at radius 2 is 2.00 bits per heavy atom. The molecule has 1 rings (SSSR count). The standard InChI is InChI=1S/C10H21N/c1-4-5-8-11-10(2,3)9-6-7-9/h9,11H,4-8H2,1-3H3. The molecule has 0 unspecified atom stereocenters. The van der Waals surface area contributed by atoms with Crippen molar-refractivity contribution in [3.63, 3.8) is 0 Å². The third kappa shape index (κ3) is 2.82. The highest BCUT2D eigenvalue weighted by atomic mass is 15.0. The van der Waals surface area contributed by atoms with Gasteiger partial charge in [0.2, 0.25) is 0 Å². The largest absolute Gasteiger partial charge is 0.312 e. The van der Waals surface area contributed by atoms with E-state index in [9.17, 15) is 0 Å². The summed E-state index contributed by atoms with van der Waals surface area (Å²) in [6.45, 7) is 8.10. The molecule has 0 saturated heterocycles. The van der Waals surface area contributed by atoms with Crippen molar-refractivity contribution in [2.75, 3.05) is 6.54 Å². The highest BCUT2D eigenvalue weighted by Gasteiger charge is 2.36. The van der Waals surface area contributed by atoms with Gasteiger partial charge in [-0.3, -0.25) is 0 Å². The van der Waals surface area contributed by atoms with Gasteiger partial charge in [0.25, 0.3) is 0 Å². The molecule has 1 aliphatic carbocycles. The van der Waals surface area contributed by atoms with Gasteiger partial charge in [0, 0.05) is 5.54 Å². The minimum Gasteiger partial charge on any atom is -0.312 e. The second-order valence-electron chi connectivity index (χ2n) is 4.28. The summed E-state index contributed by atoms with van der Waals surface area (Å²) in [6, 6.07) is 0. The van der Waals surface area contributed by atoms with Crippen molar-refractivity contribution in [1.29, 1.82) is 0 Å². The van der Waals surface area contributed by atoms with Gasteiger partial charge < -0.3 is 5.32 Å². The molecule has 0 aromatic rings. The lowest BCUT2D eigenvalue weighted by Gasteiger charge is -2.26. The molecule has 0 heterocycles. The Morgan fingerprint density at radius 3 is 2.45 bits per heavy atom. The monoisotopic (exact) mass is 155 g/mol. The summed E-state index contributed by atoms with van der Waals surface area (Å²) in [7, 11) is 0. The van der Waals surface area contributed by atoms with Crippen LogP contribution in [-0.2, 0) is 0 Å². The Labute approximate surface area is 70.6 Å². The maximum atomic E-state index is 3.62. The van der Waals surface area contributed by atoms with E-state index < -0.39 is 0 Å². The Morgan fingerprint density at radius 1 is 1.36 bits per heavy atom. The van der Waals surface area contributed by atoms with E-state index in [-0.39, 0.29) is 0 Å². The molecule has 1 saturated carbocycles. The maximum absolute atomic E-state index is 3.62. The molecule has 66 valence electrons. The van der Waals surface area contributed by atoms with E-state index in [1.807, 2.05) is 0 Å². The van der Waals surface area contributed by atoms with Crippen molar-refractivity contribution >= 4 is 0 Å². The van der Waals surface area contributed by atoms with Crippen LogP contribution in [0.1, 0.15) is 46.5 Å². The van der Waals surface area contributed by atoms with E-state index in [1.165, 1.54) is 32.2 Å². The van der Waals surface area contributed by atoms with Crippen molar-refractivity contribution in [2.45, 2.75) is 52.0 Å². The van der Waals surface area contributed by atoms with Crippen LogP contribution in [0.25, 0.3) is 0 Å². The number of rotatable bonds is 5. The Bertz CT molecular complexity index is 114. The molecule has 1 aliphatic rings. The van der Waals surface area contributed by atoms with E-state index in [1.54, 1.807) is 0 Å². The van der Waals surface area contributed by atoms with Crippen LogP contribution in [0.4, 0.5) is 0 Å². The predicted octanol–water partition coefficient (Wildman–Crippen LogP) is 2.56. The van der Waals surface area contributed by atoms with Gasteiger partial charge in [-0.25, -0.2) is 0 Å². The molecule has 1 fully saturated rings. The van der Waals surface area contributed by atoms with Crippen molar-refractivity contribution in [2.24, 2.45) is 5.92 Å². The van der Waals surface area contributed by atoms with Crippen molar-refractivity contribution < 1.29 is 0 Å². The molecule has 0 bridgehead atoms. The first-order valence-corrected chi connectivity index (χ1v) is 4.92. The summed E-state index contributed by atoms with van der Waals surface area (Å²) < 4.78 is 0. The quantitative estimate of drug-likeness (QED) is 0.602. The molecule has 1 heteroatoms. The van der Waals surface area contributed by atoms with Gasteiger partial charge in [-0.05, 0) is 45.6 Å². The Kier molecular flexibility index (Phi) is 2.94. The molecule has 0 aromatic carbocycles. The minimum absolute atomic E-state index is 0.412. The van der Waals surface area contributed by atoms with Crippen LogP contribution in [0.15, 0.2) is 0 Å². The van der Waals surface area contributed by atoms with Crippen LogP contribution < -0.4 is 5.32 Å². The molecule has 0 amide bonds. The third-order valence-corrected chi connectivity index (χ3v) is 2.71. The smallest absolute Gasteiger partial charge is 0.0153 e. The summed E-state index contributed by atoms with van der Waals surface area (Å²) in [5, 5.41) is 3.62. The molecule has 0 spiro atoms. The minimum atomic E-state index is 0.412. The molecule has 1 N–H and O–H groups in total. The number of unbranched alkanes of at least 4 members (excludes halogenated alkanes) is 1. The summed E-state index contributed by atoms with van der Waals surface area (Å²) >= 11 is 0. The third-order valence-electron chi connectivity index (χ3n) is 2.71. The van der Waals surface area contributed by atoms with Crippen molar-refractivity contribution in [3.8, 4) is 0 Å². The van der Waals surface area contributed by atoms with Crippen LogP contribution in [0.5, 0.6) is 0 Å². The Balaban J connectivity index is 2.12. The first kappa shape index (κ1) is 9.05. The molecule has 0 radical (unpaired) electrons. The molecular weight excluding hydrogens is 134 g/mol. The van der Waals surface area contributed by atoms with Crippen LogP contribution in [-0.4, -0.2) is 12.1 Å². The Hall–Kier alpha value is -0.0400. The maximum Gasteiger partial charge on any atom is 0.0153 e. The van der Waals surface area contributed by atoms with E-state index in [2.05, 4.69) is 26.1 Å². The second-order valence-corrected chi connectivity index (χ2v) is 4.28. The zero-order chi connectivity index (χ0) is 8.32. The number of hydrogen-bond donors (Lipinski definition) is 1. The van der Waals surface area contributed by atoms with Crippen LogP contribution in [0, 0.1) is 5.92 Å². The normalized spacial score (nSPS) is 18.8. The number of hydrogen-bond acceptors (Lipinski definition) is 1. The van der Waals surface area contributed by atoms with Crippen molar-refractivity contribution in [1.82, 2.24) is 5.32 Å². The van der Waals surface area contributed by atoms with E-state index >= 15 is 0 Å².